The Morgan fingerprint density at radius 3 is 2.62 bits per heavy atom. The summed E-state index contributed by atoms with van der Waals surface area (Å²) in [6, 6.07) is 8.56. The van der Waals surface area contributed by atoms with E-state index in [1.165, 1.54) is 37.7 Å². The zero-order valence-electron chi connectivity index (χ0n) is 13.6. The summed E-state index contributed by atoms with van der Waals surface area (Å²) in [5, 5.41) is 0. The third-order valence-electron chi connectivity index (χ3n) is 4.60. The summed E-state index contributed by atoms with van der Waals surface area (Å²) >= 11 is 0. The highest BCUT2D eigenvalue weighted by Crippen LogP contribution is 2.31. The molecule has 0 bridgehead atoms. The van der Waals surface area contributed by atoms with Crippen LogP contribution in [0.2, 0.25) is 0 Å². The molecule has 1 aromatic rings. The van der Waals surface area contributed by atoms with Gasteiger partial charge in [0.2, 0.25) is 0 Å². The SMILES string of the molecule is CCOc1ccccc1C(CN)N(C)CC1CCCCC1. The molecule has 1 aliphatic carbocycles. The molecule has 1 aromatic carbocycles. The predicted octanol–water partition coefficient (Wildman–Crippen LogP) is 3.60. The van der Waals surface area contributed by atoms with E-state index in [0.717, 1.165) is 18.2 Å². The predicted molar refractivity (Wildman–Crippen MR) is 88.6 cm³/mol. The Hall–Kier alpha value is -1.06. The van der Waals surface area contributed by atoms with E-state index in [1.807, 2.05) is 13.0 Å². The van der Waals surface area contributed by atoms with Gasteiger partial charge in [-0.2, -0.15) is 0 Å². The lowest BCUT2D eigenvalue weighted by Crippen LogP contribution is -2.35. The Morgan fingerprint density at radius 1 is 1.24 bits per heavy atom. The standard InChI is InChI=1S/C18H30N2O/c1-3-21-18-12-8-7-11-16(18)17(13-19)20(2)14-15-9-5-4-6-10-15/h7-8,11-12,15,17H,3-6,9-10,13-14,19H2,1-2H3. The van der Waals surface area contributed by atoms with Crippen molar-refractivity contribution >= 4 is 0 Å². The van der Waals surface area contributed by atoms with Crippen molar-refractivity contribution in [3.63, 3.8) is 0 Å². The van der Waals surface area contributed by atoms with Gasteiger partial charge in [0.05, 0.1) is 12.6 Å². The van der Waals surface area contributed by atoms with Crippen LogP contribution >= 0.6 is 0 Å². The van der Waals surface area contributed by atoms with E-state index in [0.29, 0.717) is 13.2 Å². The lowest BCUT2D eigenvalue weighted by molar-refractivity contribution is 0.182. The maximum Gasteiger partial charge on any atom is 0.124 e. The monoisotopic (exact) mass is 290 g/mol. The lowest BCUT2D eigenvalue weighted by Gasteiger charge is -2.33. The maximum absolute atomic E-state index is 6.08. The van der Waals surface area contributed by atoms with Crippen LogP contribution in [0.25, 0.3) is 0 Å². The third-order valence-corrected chi connectivity index (χ3v) is 4.60. The summed E-state index contributed by atoms with van der Waals surface area (Å²) in [5.74, 6) is 1.81. The number of likely N-dealkylation sites (N-methyl/N-ethyl adjacent to an activating group) is 1. The molecule has 3 nitrogen and oxygen atoms in total. The van der Waals surface area contributed by atoms with Crippen molar-refractivity contribution in [2.45, 2.75) is 45.1 Å². The van der Waals surface area contributed by atoms with Crippen molar-refractivity contribution < 1.29 is 4.74 Å². The minimum atomic E-state index is 0.245. The van der Waals surface area contributed by atoms with Gasteiger partial charge in [-0.1, -0.05) is 37.5 Å². The highest BCUT2D eigenvalue weighted by molar-refractivity contribution is 5.36. The van der Waals surface area contributed by atoms with Gasteiger partial charge in [-0.25, -0.2) is 0 Å². The zero-order valence-corrected chi connectivity index (χ0v) is 13.6. The van der Waals surface area contributed by atoms with Crippen LogP contribution in [-0.2, 0) is 0 Å². The number of hydrogen-bond acceptors (Lipinski definition) is 3. The largest absolute Gasteiger partial charge is 0.494 e. The van der Waals surface area contributed by atoms with Gasteiger partial charge in [-0.3, -0.25) is 4.90 Å². The third kappa shape index (κ3) is 4.45. The van der Waals surface area contributed by atoms with E-state index < -0.39 is 0 Å². The minimum Gasteiger partial charge on any atom is -0.494 e. The molecule has 0 saturated heterocycles. The molecule has 0 aromatic heterocycles. The van der Waals surface area contributed by atoms with Crippen LogP contribution in [0, 0.1) is 5.92 Å². The molecule has 1 saturated carbocycles. The molecule has 0 amide bonds. The fourth-order valence-corrected chi connectivity index (χ4v) is 3.49. The number of rotatable bonds is 7. The molecule has 2 N–H and O–H groups in total. The molecule has 3 heteroatoms. The summed E-state index contributed by atoms with van der Waals surface area (Å²) in [7, 11) is 2.20. The zero-order chi connectivity index (χ0) is 15.1. The molecule has 0 radical (unpaired) electrons. The Kier molecular flexibility index (Phi) is 6.52. The molecule has 118 valence electrons. The van der Waals surface area contributed by atoms with Crippen LogP contribution in [0.1, 0.15) is 50.6 Å². The fraction of sp³-hybridized carbons (Fsp3) is 0.667. The van der Waals surface area contributed by atoms with Crippen molar-refractivity contribution in [1.29, 1.82) is 0 Å². The first kappa shape index (κ1) is 16.3. The highest BCUT2D eigenvalue weighted by Gasteiger charge is 2.23. The lowest BCUT2D eigenvalue weighted by atomic mass is 9.88. The molecule has 1 unspecified atom stereocenters. The van der Waals surface area contributed by atoms with Gasteiger partial charge < -0.3 is 10.5 Å². The van der Waals surface area contributed by atoms with Crippen molar-refractivity contribution in [2.24, 2.45) is 11.7 Å². The van der Waals surface area contributed by atoms with E-state index >= 15 is 0 Å². The van der Waals surface area contributed by atoms with Crippen LogP contribution < -0.4 is 10.5 Å². The Bertz CT molecular complexity index is 415. The van der Waals surface area contributed by atoms with Gasteiger partial charge in [0, 0.05) is 18.7 Å². The number of nitrogens with two attached hydrogens (primary N) is 1. The molecule has 1 atom stereocenters. The first-order chi connectivity index (χ1) is 10.3. The second-order valence-electron chi connectivity index (χ2n) is 6.17. The van der Waals surface area contributed by atoms with Gasteiger partial charge in [0.25, 0.3) is 0 Å². The number of ether oxygens (including phenoxy) is 1. The second kappa shape index (κ2) is 8.40. The average Bonchev–Trinajstić information content (AvgIpc) is 2.51. The number of benzene rings is 1. The second-order valence-corrected chi connectivity index (χ2v) is 6.17. The molecular weight excluding hydrogens is 260 g/mol. The van der Waals surface area contributed by atoms with Gasteiger partial charge in [0.1, 0.15) is 5.75 Å². The van der Waals surface area contributed by atoms with E-state index in [9.17, 15) is 0 Å². The summed E-state index contributed by atoms with van der Waals surface area (Å²) in [6.07, 6.45) is 6.93. The summed E-state index contributed by atoms with van der Waals surface area (Å²) < 4.78 is 5.78. The summed E-state index contributed by atoms with van der Waals surface area (Å²) in [4.78, 5) is 2.42. The van der Waals surface area contributed by atoms with E-state index in [4.69, 9.17) is 10.5 Å². The highest BCUT2D eigenvalue weighted by atomic mass is 16.5. The quantitative estimate of drug-likeness (QED) is 0.834. The molecule has 1 aliphatic rings. The Balaban J connectivity index is 2.07. The number of nitrogens with zero attached hydrogens (tertiary/aromatic N) is 1. The molecule has 21 heavy (non-hydrogen) atoms. The van der Waals surface area contributed by atoms with Crippen molar-refractivity contribution in [2.75, 3.05) is 26.7 Å². The minimum absolute atomic E-state index is 0.245. The molecular formula is C18H30N2O. The van der Waals surface area contributed by atoms with Crippen LogP contribution in [0.5, 0.6) is 5.75 Å². The first-order valence-electron chi connectivity index (χ1n) is 8.38. The van der Waals surface area contributed by atoms with Gasteiger partial charge in [-0.15, -0.1) is 0 Å². The van der Waals surface area contributed by atoms with Crippen LogP contribution in [0.3, 0.4) is 0 Å². The molecule has 0 spiro atoms. The first-order valence-corrected chi connectivity index (χ1v) is 8.38. The molecule has 0 aliphatic heterocycles. The summed E-state index contributed by atoms with van der Waals surface area (Å²) in [5.41, 5.74) is 7.30. The van der Waals surface area contributed by atoms with Gasteiger partial charge >= 0.3 is 0 Å². The average molecular weight is 290 g/mol. The fourth-order valence-electron chi connectivity index (χ4n) is 3.49. The van der Waals surface area contributed by atoms with E-state index in [1.54, 1.807) is 0 Å². The van der Waals surface area contributed by atoms with Gasteiger partial charge in [0.15, 0.2) is 0 Å². The number of hydrogen-bond donors (Lipinski definition) is 1. The van der Waals surface area contributed by atoms with E-state index in [2.05, 4.69) is 30.1 Å². The van der Waals surface area contributed by atoms with Crippen LogP contribution in [0.15, 0.2) is 24.3 Å². The van der Waals surface area contributed by atoms with Crippen molar-refractivity contribution in [3.05, 3.63) is 29.8 Å². The topological polar surface area (TPSA) is 38.5 Å². The van der Waals surface area contributed by atoms with Crippen LogP contribution in [-0.4, -0.2) is 31.6 Å². The summed E-state index contributed by atoms with van der Waals surface area (Å²) in [6.45, 7) is 4.50. The van der Waals surface area contributed by atoms with Crippen molar-refractivity contribution in [3.8, 4) is 5.75 Å². The molecule has 1 fully saturated rings. The molecule has 0 heterocycles. The van der Waals surface area contributed by atoms with Crippen molar-refractivity contribution in [1.82, 2.24) is 4.90 Å². The molecule has 2 rings (SSSR count). The number of para-hydroxylation sites is 1. The Morgan fingerprint density at radius 2 is 1.95 bits per heavy atom. The van der Waals surface area contributed by atoms with Gasteiger partial charge in [-0.05, 0) is 38.8 Å². The maximum atomic E-state index is 6.08. The Labute approximate surface area is 129 Å². The van der Waals surface area contributed by atoms with Crippen LogP contribution in [0.4, 0.5) is 0 Å². The smallest absolute Gasteiger partial charge is 0.124 e. The van der Waals surface area contributed by atoms with E-state index in [-0.39, 0.29) is 6.04 Å². The normalized spacial score (nSPS) is 17.9.